The van der Waals surface area contributed by atoms with Gasteiger partial charge >= 0.3 is 23.7 Å². The van der Waals surface area contributed by atoms with Gasteiger partial charge in [-0.15, -0.1) is 0 Å². The van der Waals surface area contributed by atoms with Crippen molar-refractivity contribution >= 4 is 5.97 Å². The number of aliphatic hydroxyl groups is 1. The summed E-state index contributed by atoms with van der Waals surface area (Å²) in [6.07, 6.45) is -6.23. The quantitative estimate of drug-likeness (QED) is 0.676. The molecule has 1 fully saturated rings. The van der Waals surface area contributed by atoms with E-state index in [9.17, 15) is 31.1 Å². The van der Waals surface area contributed by atoms with E-state index < -0.39 is 42.7 Å². The van der Waals surface area contributed by atoms with Crippen LogP contribution < -0.4 is 0 Å². The summed E-state index contributed by atoms with van der Waals surface area (Å²) in [5.41, 5.74) is -0.270. The molecule has 1 heterocycles. The molecule has 2 atom stereocenters. The SMILES string of the molecule is O=C(OC1OC(CO)C(F)(F)C(F)(F)C1(F)F)c1ccccc1. The van der Waals surface area contributed by atoms with E-state index in [-0.39, 0.29) is 5.56 Å². The lowest BCUT2D eigenvalue weighted by molar-refractivity contribution is -0.435. The van der Waals surface area contributed by atoms with Gasteiger partial charge in [0.1, 0.15) is 0 Å². The number of ether oxygens (including phenoxy) is 2. The van der Waals surface area contributed by atoms with Crippen molar-refractivity contribution in [2.45, 2.75) is 30.2 Å². The predicted octanol–water partition coefficient (Wildman–Crippen LogP) is 2.47. The number of hydrogen-bond donors (Lipinski definition) is 1. The first-order valence-corrected chi connectivity index (χ1v) is 6.21. The van der Waals surface area contributed by atoms with Crippen LogP contribution in [0, 0.1) is 0 Å². The predicted molar refractivity (Wildman–Crippen MR) is 62.4 cm³/mol. The molecule has 0 amide bonds. The number of carbonyl (C=O) groups is 1. The number of alkyl halides is 6. The summed E-state index contributed by atoms with van der Waals surface area (Å²) in [4.78, 5) is 11.6. The van der Waals surface area contributed by atoms with E-state index in [1.165, 1.54) is 18.2 Å². The normalized spacial score (nSPS) is 28.1. The lowest BCUT2D eigenvalue weighted by atomic mass is 9.96. The number of carbonyl (C=O) groups excluding carboxylic acids is 1. The second-order valence-electron chi connectivity index (χ2n) is 4.73. The van der Waals surface area contributed by atoms with Crippen LogP contribution in [0.25, 0.3) is 0 Å². The molecule has 1 N–H and O–H groups in total. The van der Waals surface area contributed by atoms with Crippen molar-refractivity contribution in [2.75, 3.05) is 6.61 Å². The van der Waals surface area contributed by atoms with E-state index in [2.05, 4.69) is 9.47 Å². The first-order valence-electron chi connectivity index (χ1n) is 6.21. The maximum atomic E-state index is 13.6. The van der Waals surface area contributed by atoms with E-state index >= 15 is 0 Å². The van der Waals surface area contributed by atoms with Gasteiger partial charge in [-0.2, -0.15) is 26.3 Å². The maximum Gasteiger partial charge on any atom is 0.381 e. The van der Waals surface area contributed by atoms with E-state index in [0.717, 1.165) is 12.1 Å². The van der Waals surface area contributed by atoms with Crippen LogP contribution in [0.15, 0.2) is 30.3 Å². The summed E-state index contributed by atoms with van der Waals surface area (Å²) < 4.78 is 88.8. The van der Waals surface area contributed by atoms with Crippen LogP contribution in [-0.2, 0) is 9.47 Å². The minimum atomic E-state index is -5.88. The van der Waals surface area contributed by atoms with Crippen LogP contribution in [0.1, 0.15) is 10.4 Å². The van der Waals surface area contributed by atoms with E-state index in [1.54, 1.807) is 0 Å². The van der Waals surface area contributed by atoms with Crippen molar-refractivity contribution in [1.29, 1.82) is 0 Å². The number of rotatable bonds is 3. The Morgan fingerprint density at radius 1 is 1.09 bits per heavy atom. The van der Waals surface area contributed by atoms with Gasteiger partial charge in [0.05, 0.1) is 12.2 Å². The molecule has 2 unspecified atom stereocenters. The maximum absolute atomic E-state index is 13.6. The Morgan fingerprint density at radius 2 is 1.65 bits per heavy atom. The zero-order valence-corrected chi connectivity index (χ0v) is 11.2. The Labute approximate surface area is 125 Å². The lowest BCUT2D eigenvalue weighted by Gasteiger charge is -2.44. The highest BCUT2D eigenvalue weighted by molar-refractivity contribution is 5.89. The topological polar surface area (TPSA) is 55.8 Å². The number of halogens is 6. The first kappa shape index (κ1) is 17.5. The Hall–Kier alpha value is -1.81. The molecule has 0 aliphatic carbocycles. The van der Waals surface area contributed by atoms with Crippen molar-refractivity contribution in [3.8, 4) is 0 Å². The molecule has 1 aromatic carbocycles. The zero-order valence-electron chi connectivity index (χ0n) is 11.2. The molecular weight excluding hydrogens is 334 g/mol. The molecule has 4 nitrogen and oxygen atoms in total. The molecular formula is C13H10F6O4. The standard InChI is InChI=1S/C13H10F6O4/c14-11(15)8(6-20)22-10(12(16,17)13(11,18)19)23-9(21)7-4-2-1-3-5-7/h1-5,8,10,20H,6H2. The highest BCUT2D eigenvalue weighted by Crippen LogP contribution is 2.54. The average molecular weight is 344 g/mol. The highest BCUT2D eigenvalue weighted by atomic mass is 19.3. The second-order valence-corrected chi connectivity index (χ2v) is 4.73. The fourth-order valence-electron chi connectivity index (χ4n) is 1.89. The molecule has 1 aromatic rings. The Balaban J connectivity index is 2.30. The number of benzene rings is 1. The number of hydrogen-bond acceptors (Lipinski definition) is 4. The average Bonchev–Trinajstić information content (AvgIpc) is 2.50. The molecule has 23 heavy (non-hydrogen) atoms. The summed E-state index contributed by atoms with van der Waals surface area (Å²) in [5, 5.41) is 8.67. The van der Waals surface area contributed by atoms with Gasteiger partial charge in [-0.25, -0.2) is 4.79 Å². The summed E-state index contributed by atoms with van der Waals surface area (Å²) in [5.74, 6) is -18.2. The molecule has 2 rings (SSSR count). The van der Waals surface area contributed by atoms with Crippen LogP contribution >= 0.6 is 0 Å². The van der Waals surface area contributed by atoms with Gasteiger partial charge in [-0.05, 0) is 12.1 Å². The highest BCUT2D eigenvalue weighted by Gasteiger charge is 2.81. The molecule has 10 heteroatoms. The van der Waals surface area contributed by atoms with Crippen LogP contribution in [0.5, 0.6) is 0 Å². The molecule has 1 saturated heterocycles. The van der Waals surface area contributed by atoms with Gasteiger partial charge in [-0.1, -0.05) is 18.2 Å². The van der Waals surface area contributed by atoms with Crippen molar-refractivity contribution < 1.29 is 45.7 Å². The Bertz CT molecular complexity index is 577. The molecule has 1 aliphatic heterocycles. The van der Waals surface area contributed by atoms with Crippen molar-refractivity contribution in [2.24, 2.45) is 0 Å². The van der Waals surface area contributed by atoms with Crippen molar-refractivity contribution in [3.63, 3.8) is 0 Å². The van der Waals surface area contributed by atoms with E-state index in [0.29, 0.717) is 0 Å². The smallest absolute Gasteiger partial charge is 0.381 e. The minimum absolute atomic E-state index is 0.270. The third kappa shape index (κ3) is 2.65. The van der Waals surface area contributed by atoms with Gasteiger partial charge in [0.15, 0.2) is 6.10 Å². The first-order chi connectivity index (χ1) is 10.6. The Kier molecular flexibility index (Phi) is 4.33. The summed E-state index contributed by atoms with van der Waals surface area (Å²) in [6, 6.07) is 6.45. The van der Waals surface area contributed by atoms with Crippen molar-refractivity contribution in [1.82, 2.24) is 0 Å². The number of esters is 1. The zero-order chi connectivity index (χ0) is 17.5. The summed E-state index contributed by atoms with van der Waals surface area (Å²) in [6.45, 7) is -1.67. The van der Waals surface area contributed by atoms with Crippen LogP contribution in [0.2, 0.25) is 0 Å². The van der Waals surface area contributed by atoms with Gasteiger partial charge < -0.3 is 14.6 Å². The molecule has 0 bridgehead atoms. The van der Waals surface area contributed by atoms with Crippen LogP contribution in [0.3, 0.4) is 0 Å². The molecule has 128 valence electrons. The summed E-state index contributed by atoms with van der Waals surface area (Å²) in [7, 11) is 0. The van der Waals surface area contributed by atoms with Crippen molar-refractivity contribution in [3.05, 3.63) is 35.9 Å². The Morgan fingerprint density at radius 3 is 2.17 bits per heavy atom. The van der Waals surface area contributed by atoms with Gasteiger partial charge in [-0.3, -0.25) is 0 Å². The second kappa shape index (κ2) is 5.68. The fraction of sp³-hybridized carbons (Fsp3) is 0.462. The third-order valence-electron chi connectivity index (χ3n) is 3.21. The van der Waals surface area contributed by atoms with Crippen LogP contribution in [-0.4, -0.2) is 47.8 Å². The molecule has 1 aliphatic rings. The van der Waals surface area contributed by atoms with Gasteiger partial charge in [0, 0.05) is 0 Å². The molecule has 0 spiro atoms. The third-order valence-corrected chi connectivity index (χ3v) is 3.21. The largest absolute Gasteiger partial charge is 0.425 e. The summed E-state index contributed by atoms with van der Waals surface area (Å²) >= 11 is 0. The fourth-order valence-corrected chi connectivity index (χ4v) is 1.89. The van der Waals surface area contributed by atoms with Gasteiger partial charge in [0.2, 0.25) is 0 Å². The van der Waals surface area contributed by atoms with Crippen LogP contribution in [0.4, 0.5) is 26.3 Å². The lowest BCUT2D eigenvalue weighted by Crippen LogP contribution is -2.71. The molecule has 0 saturated carbocycles. The number of aliphatic hydroxyl groups excluding tert-OH is 1. The molecule has 0 aromatic heterocycles. The van der Waals surface area contributed by atoms with E-state index in [1.807, 2.05) is 0 Å². The molecule has 0 radical (unpaired) electrons. The monoisotopic (exact) mass is 344 g/mol. The van der Waals surface area contributed by atoms with Gasteiger partial charge in [0.25, 0.3) is 6.29 Å². The van der Waals surface area contributed by atoms with E-state index in [4.69, 9.17) is 5.11 Å². The minimum Gasteiger partial charge on any atom is -0.425 e.